The average Bonchev–Trinajstić information content (AvgIpc) is 2.74. The van der Waals surface area contributed by atoms with Gasteiger partial charge in [-0.15, -0.1) is 0 Å². The Morgan fingerprint density at radius 3 is 2.76 bits per heavy atom. The lowest BCUT2D eigenvalue weighted by atomic mass is 10.1. The average molecular weight is 294 g/mol. The van der Waals surface area contributed by atoms with Gasteiger partial charge in [-0.1, -0.05) is 13.0 Å². The number of benzene rings is 1. The number of furan rings is 1. The molecule has 2 aromatic rings. The number of halogens is 1. The molecule has 2 rings (SSSR count). The standard InChI is InChI=1S/C14H16BrNO/c1-3-11-8-12(5-4-10(11)2)16-9-14-13(15)6-7-17-14/h4-8,16H,3,9H2,1-2H3. The molecule has 0 atom stereocenters. The number of hydrogen-bond donors (Lipinski definition) is 1. The fourth-order valence-electron chi connectivity index (χ4n) is 1.80. The number of aryl methyl sites for hydroxylation is 2. The third kappa shape index (κ3) is 2.91. The van der Waals surface area contributed by atoms with Crippen LogP contribution in [0.1, 0.15) is 23.8 Å². The van der Waals surface area contributed by atoms with Crippen LogP contribution in [0.2, 0.25) is 0 Å². The van der Waals surface area contributed by atoms with Crippen molar-refractivity contribution in [2.45, 2.75) is 26.8 Å². The van der Waals surface area contributed by atoms with Crippen LogP contribution in [0.15, 0.2) is 39.4 Å². The minimum absolute atomic E-state index is 0.694. The zero-order chi connectivity index (χ0) is 12.3. The highest BCUT2D eigenvalue weighted by Gasteiger charge is 2.03. The Hall–Kier alpha value is -1.22. The molecule has 1 heterocycles. The Kier molecular flexibility index (Phi) is 3.89. The van der Waals surface area contributed by atoms with Crippen molar-refractivity contribution in [2.75, 3.05) is 5.32 Å². The van der Waals surface area contributed by atoms with E-state index in [-0.39, 0.29) is 0 Å². The van der Waals surface area contributed by atoms with Gasteiger partial charge in [-0.05, 0) is 58.6 Å². The molecule has 17 heavy (non-hydrogen) atoms. The second-order valence-electron chi connectivity index (χ2n) is 4.04. The van der Waals surface area contributed by atoms with Crippen LogP contribution < -0.4 is 5.32 Å². The summed E-state index contributed by atoms with van der Waals surface area (Å²) in [5.41, 5.74) is 3.86. The fourth-order valence-corrected chi connectivity index (χ4v) is 2.14. The Bertz CT molecular complexity index is 505. The van der Waals surface area contributed by atoms with Crippen LogP contribution in [0.5, 0.6) is 0 Å². The zero-order valence-corrected chi connectivity index (χ0v) is 11.7. The first-order valence-electron chi connectivity index (χ1n) is 5.76. The molecule has 0 spiro atoms. The van der Waals surface area contributed by atoms with Crippen LogP contribution >= 0.6 is 15.9 Å². The molecule has 0 aliphatic carbocycles. The van der Waals surface area contributed by atoms with Crippen molar-refractivity contribution in [1.29, 1.82) is 0 Å². The van der Waals surface area contributed by atoms with E-state index in [9.17, 15) is 0 Å². The highest BCUT2D eigenvalue weighted by atomic mass is 79.9. The quantitative estimate of drug-likeness (QED) is 0.896. The molecule has 1 aromatic carbocycles. The van der Waals surface area contributed by atoms with Gasteiger partial charge in [0.2, 0.25) is 0 Å². The molecular formula is C14H16BrNO. The summed E-state index contributed by atoms with van der Waals surface area (Å²) in [5, 5.41) is 3.37. The van der Waals surface area contributed by atoms with Crippen LogP contribution in [0.4, 0.5) is 5.69 Å². The van der Waals surface area contributed by atoms with Crippen molar-refractivity contribution >= 4 is 21.6 Å². The molecule has 0 aliphatic rings. The van der Waals surface area contributed by atoms with Gasteiger partial charge in [0.25, 0.3) is 0 Å². The molecule has 0 radical (unpaired) electrons. The summed E-state index contributed by atoms with van der Waals surface area (Å²) in [7, 11) is 0. The van der Waals surface area contributed by atoms with E-state index < -0.39 is 0 Å². The van der Waals surface area contributed by atoms with Gasteiger partial charge in [-0.25, -0.2) is 0 Å². The van der Waals surface area contributed by atoms with E-state index in [1.807, 2.05) is 6.07 Å². The largest absolute Gasteiger partial charge is 0.466 e. The van der Waals surface area contributed by atoms with Gasteiger partial charge < -0.3 is 9.73 Å². The second-order valence-corrected chi connectivity index (χ2v) is 4.89. The van der Waals surface area contributed by atoms with Gasteiger partial charge in [0, 0.05) is 5.69 Å². The zero-order valence-electron chi connectivity index (χ0n) is 10.1. The maximum Gasteiger partial charge on any atom is 0.136 e. The minimum atomic E-state index is 0.694. The van der Waals surface area contributed by atoms with Gasteiger partial charge in [-0.2, -0.15) is 0 Å². The molecule has 0 aliphatic heterocycles. The summed E-state index contributed by atoms with van der Waals surface area (Å²) in [6, 6.07) is 8.36. The SMILES string of the molecule is CCc1cc(NCc2occc2Br)ccc1C. The molecule has 1 N–H and O–H groups in total. The Balaban J connectivity index is 2.07. The summed E-state index contributed by atoms with van der Waals surface area (Å²) in [4.78, 5) is 0. The molecule has 0 fully saturated rings. The van der Waals surface area contributed by atoms with Crippen molar-refractivity contribution in [3.63, 3.8) is 0 Å². The number of rotatable bonds is 4. The second kappa shape index (κ2) is 5.41. The third-order valence-corrected chi connectivity index (χ3v) is 3.58. The Morgan fingerprint density at radius 1 is 1.29 bits per heavy atom. The molecule has 0 bridgehead atoms. The Labute approximate surface area is 110 Å². The lowest BCUT2D eigenvalue weighted by molar-refractivity contribution is 0.516. The van der Waals surface area contributed by atoms with Crippen molar-refractivity contribution in [3.05, 3.63) is 51.9 Å². The molecule has 0 amide bonds. The summed E-state index contributed by atoms with van der Waals surface area (Å²) < 4.78 is 6.36. The first-order valence-corrected chi connectivity index (χ1v) is 6.55. The summed E-state index contributed by atoms with van der Waals surface area (Å²) in [5.74, 6) is 0.920. The van der Waals surface area contributed by atoms with Gasteiger partial charge in [-0.3, -0.25) is 0 Å². The van der Waals surface area contributed by atoms with Gasteiger partial charge in [0.15, 0.2) is 0 Å². The lowest BCUT2D eigenvalue weighted by Crippen LogP contribution is -2.00. The lowest BCUT2D eigenvalue weighted by Gasteiger charge is -2.09. The Morgan fingerprint density at radius 2 is 2.12 bits per heavy atom. The van der Waals surface area contributed by atoms with Crippen molar-refractivity contribution in [1.82, 2.24) is 0 Å². The predicted octanol–water partition coefficient (Wildman–Crippen LogP) is 4.53. The number of anilines is 1. The summed E-state index contributed by atoms with van der Waals surface area (Å²) in [6.07, 6.45) is 2.75. The smallest absolute Gasteiger partial charge is 0.136 e. The number of nitrogens with one attached hydrogen (secondary N) is 1. The topological polar surface area (TPSA) is 25.2 Å². The van der Waals surface area contributed by atoms with Crippen LogP contribution in [0.25, 0.3) is 0 Å². The third-order valence-electron chi connectivity index (χ3n) is 2.87. The normalized spacial score (nSPS) is 10.5. The van der Waals surface area contributed by atoms with Crippen LogP contribution in [-0.4, -0.2) is 0 Å². The maximum absolute atomic E-state index is 5.36. The van der Waals surface area contributed by atoms with E-state index in [0.29, 0.717) is 6.54 Å². The number of hydrogen-bond acceptors (Lipinski definition) is 2. The molecule has 0 saturated carbocycles. The van der Waals surface area contributed by atoms with E-state index >= 15 is 0 Å². The minimum Gasteiger partial charge on any atom is -0.466 e. The van der Waals surface area contributed by atoms with Crippen molar-refractivity contribution < 1.29 is 4.42 Å². The van der Waals surface area contributed by atoms with Gasteiger partial charge in [0.1, 0.15) is 5.76 Å². The van der Waals surface area contributed by atoms with Crippen LogP contribution in [-0.2, 0) is 13.0 Å². The molecule has 2 nitrogen and oxygen atoms in total. The van der Waals surface area contributed by atoms with Gasteiger partial charge >= 0.3 is 0 Å². The monoisotopic (exact) mass is 293 g/mol. The fraction of sp³-hybridized carbons (Fsp3) is 0.286. The molecule has 3 heteroatoms. The molecule has 90 valence electrons. The highest BCUT2D eigenvalue weighted by Crippen LogP contribution is 2.20. The molecule has 0 saturated heterocycles. The first-order chi connectivity index (χ1) is 8.20. The van der Waals surface area contributed by atoms with E-state index in [1.54, 1.807) is 6.26 Å². The predicted molar refractivity (Wildman–Crippen MR) is 74.3 cm³/mol. The summed E-state index contributed by atoms with van der Waals surface area (Å²) >= 11 is 3.45. The van der Waals surface area contributed by atoms with Crippen LogP contribution in [0.3, 0.4) is 0 Å². The maximum atomic E-state index is 5.36. The van der Waals surface area contributed by atoms with Crippen molar-refractivity contribution in [2.24, 2.45) is 0 Å². The molecule has 0 unspecified atom stereocenters. The highest BCUT2D eigenvalue weighted by molar-refractivity contribution is 9.10. The van der Waals surface area contributed by atoms with Gasteiger partial charge in [0.05, 0.1) is 17.3 Å². The van der Waals surface area contributed by atoms with E-state index in [2.05, 4.69) is 53.3 Å². The summed E-state index contributed by atoms with van der Waals surface area (Å²) in [6.45, 7) is 5.01. The van der Waals surface area contributed by atoms with E-state index in [1.165, 1.54) is 11.1 Å². The van der Waals surface area contributed by atoms with E-state index in [4.69, 9.17) is 4.42 Å². The van der Waals surface area contributed by atoms with Crippen molar-refractivity contribution in [3.8, 4) is 0 Å². The molecule has 1 aromatic heterocycles. The first kappa shape index (κ1) is 12.2. The van der Waals surface area contributed by atoms with E-state index in [0.717, 1.165) is 22.3 Å². The molecular weight excluding hydrogens is 278 g/mol. The van der Waals surface area contributed by atoms with Crippen LogP contribution in [0, 0.1) is 6.92 Å².